The van der Waals surface area contributed by atoms with Gasteiger partial charge < -0.3 is 24.3 Å². The molecule has 0 aliphatic carbocycles. The Bertz CT molecular complexity index is 394. The van der Waals surface area contributed by atoms with Crippen LogP contribution in [0.15, 0.2) is 12.1 Å². The van der Waals surface area contributed by atoms with Crippen LogP contribution < -0.4 is 19.5 Å². The number of amides is 1. The van der Waals surface area contributed by atoms with E-state index in [2.05, 4.69) is 5.32 Å². The molecule has 0 fully saturated rings. The van der Waals surface area contributed by atoms with Crippen molar-refractivity contribution in [2.45, 2.75) is 0 Å². The summed E-state index contributed by atoms with van der Waals surface area (Å²) in [4.78, 5) is 11.8. The smallest absolute Gasteiger partial charge is 0.253 e. The average Bonchev–Trinajstić information content (AvgIpc) is 2.42. The first-order valence-corrected chi connectivity index (χ1v) is 5.25. The molecule has 18 heavy (non-hydrogen) atoms. The Balaban J connectivity index is 3.10. The van der Waals surface area contributed by atoms with Gasteiger partial charge in [0.2, 0.25) is 5.75 Å². The van der Waals surface area contributed by atoms with Crippen molar-refractivity contribution in [2.75, 3.05) is 35.2 Å². The van der Waals surface area contributed by atoms with E-state index in [-0.39, 0.29) is 12.6 Å². The number of carbonyl (C=O) groups is 1. The van der Waals surface area contributed by atoms with Crippen molar-refractivity contribution in [3.8, 4) is 17.2 Å². The molecule has 0 heterocycles. The molecule has 0 aromatic heterocycles. The van der Waals surface area contributed by atoms with Gasteiger partial charge in [-0.15, -0.1) is 0 Å². The van der Waals surface area contributed by atoms with Crippen LogP contribution >= 0.6 is 0 Å². The summed E-state index contributed by atoms with van der Waals surface area (Å²) in [6.07, 6.45) is 0. The Labute approximate surface area is 106 Å². The number of hydrogen-bond donors (Lipinski definition) is 1. The molecular formula is C12H17NO5. The van der Waals surface area contributed by atoms with Crippen molar-refractivity contribution in [2.24, 2.45) is 0 Å². The first kappa shape index (κ1) is 14.1. The predicted molar refractivity (Wildman–Crippen MR) is 65.4 cm³/mol. The third-order valence-corrected chi connectivity index (χ3v) is 2.30. The van der Waals surface area contributed by atoms with Crippen molar-refractivity contribution >= 4 is 5.91 Å². The molecule has 100 valence electrons. The molecule has 0 bridgehead atoms. The molecule has 0 radical (unpaired) electrons. The van der Waals surface area contributed by atoms with E-state index in [0.717, 1.165) is 0 Å². The molecule has 6 nitrogen and oxygen atoms in total. The third kappa shape index (κ3) is 3.04. The summed E-state index contributed by atoms with van der Waals surface area (Å²) in [5.74, 6) is 1.03. The van der Waals surface area contributed by atoms with Crippen LogP contribution in [-0.2, 0) is 4.74 Å². The van der Waals surface area contributed by atoms with Gasteiger partial charge >= 0.3 is 0 Å². The molecular weight excluding hydrogens is 238 g/mol. The molecule has 1 amide bonds. The lowest BCUT2D eigenvalue weighted by Gasteiger charge is -2.13. The number of benzene rings is 1. The molecule has 1 aromatic carbocycles. The first-order chi connectivity index (χ1) is 8.67. The second-order valence-electron chi connectivity index (χ2n) is 3.35. The SMILES string of the molecule is COCNC(=O)c1cc(OC)c(OC)c(OC)c1. The lowest BCUT2D eigenvalue weighted by atomic mass is 10.1. The summed E-state index contributed by atoms with van der Waals surface area (Å²) in [6, 6.07) is 3.15. The van der Waals surface area contributed by atoms with Crippen LogP contribution in [0.25, 0.3) is 0 Å². The second kappa shape index (κ2) is 6.70. The largest absolute Gasteiger partial charge is 0.493 e. The quantitative estimate of drug-likeness (QED) is 0.769. The third-order valence-electron chi connectivity index (χ3n) is 2.30. The molecule has 0 atom stereocenters. The van der Waals surface area contributed by atoms with E-state index in [9.17, 15) is 4.79 Å². The van der Waals surface area contributed by atoms with Gasteiger partial charge in [0.15, 0.2) is 11.5 Å². The van der Waals surface area contributed by atoms with E-state index < -0.39 is 0 Å². The van der Waals surface area contributed by atoms with Crippen LogP contribution in [0.4, 0.5) is 0 Å². The van der Waals surface area contributed by atoms with E-state index in [0.29, 0.717) is 22.8 Å². The molecule has 0 aliphatic rings. The van der Waals surface area contributed by atoms with Gasteiger partial charge in [0.05, 0.1) is 21.3 Å². The Morgan fingerprint density at radius 3 is 2.00 bits per heavy atom. The number of nitrogens with one attached hydrogen (secondary N) is 1. The molecule has 0 spiro atoms. The maximum Gasteiger partial charge on any atom is 0.253 e. The lowest BCUT2D eigenvalue weighted by Crippen LogP contribution is -2.25. The highest BCUT2D eigenvalue weighted by molar-refractivity contribution is 5.95. The molecule has 6 heteroatoms. The lowest BCUT2D eigenvalue weighted by molar-refractivity contribution is 0.0871. The fraction of sp³-hybridized carbons (Fsp3) is 0.417. The first-order valence-electron chi connectivity index (χ1n) is 5.25. The molecule has 1 N–H and O–H groups in total. The number of rotatable bonds is 6. The van der Waals surface area contributed by atoms with Gasteiger partial charge in [0.25, 0.3) is 5.91 Å². The summed E-state index contributed by atoms with van der Waals surface area (Å²) >= 11 is 0. The highest BCUT2D eigenvalue weighted by Crippen LogP contribution is 2.38. The van der Waals surface area contributed by atoms with Gasteiger partial charge in [-0.25, -0.2) is 0 Å². The number of ether oxygens (including phenoxy) is 4. The highest BCUT2D eigenvalue weighted by Gasteiger charge is 2.16. The van der Waals surface area contributed by atoms with Crippen molar-refractivity contribution < 1.29 is 23.7 Å². The van der Waals surface area contributed by atoms with Crippen LogP contribution in [0.5, 0.6) is 17.2 Å². The van der Waals surface area contributed by atoms with Crippen LogP contribution in [0.2, 0.25) is 0 Å². The Morgan fingerprint density at radius 1 is 1.06 bits per heavy atom. The van der Waals surface area contributed by atoms with Gasteiger partial charge in [-0.1, -0.05) is 0 Å². The zero-order chi connectivity index (χ0) is 13.5. The Hall–Kier alpha value is -1.95. The number of carbonyl (C=O) groups excluding carboxylic acids is 1. The van der Waals surface area contributed by atoms with E-state index in [1.54, 1.807) is 12.1 Å². The fourth-order valence-corrected chi connectivity index (χ4v) is 1.45. The molecule has 0 saturated carbocycles. The number of hydrogen-bond acceptors (Lipinski definition) is 5. The van der Waals surface area contributed by atoms with Crippen LogP contribution in [0.3, 0.4) is 0 Å². The van der Waals surface area contributed by atoms with Gasteiger partial charge in [-0.05, 0) is 12.1 Å². The van der Waals surface area contributed by atoms with Crippen molar-refractivity contribution in [1.82, 2.24) is 5.32 Å². The van der Waals surface area contributed by atoms with Crippen molar-refractivity contribution in [3.05, 3.63) is 17.7 Å². The maximum atomic E-state index is 11.8. The monoisotopic (exact) mass is 255 g/mol. The molecule has 0 aliphatic heterocycles. The van der Waals surface area contributed by atoms with Gasteiger partial charge in [0, 0.05) is 12.7 Å². The topological polar surface area (TPSA) is 66.0 Å². The summed E-state index contributed by atoms with van der Waals surface area (Å²) in [5, 5.41) is 2.58. The highest BCUT2D eigenvalue weighted by atomic mass is 16.5. The minimum absolute atomic E-state index is 0.134. The molecule has 1 rings (SSSR count). The molecule has 0 saturated heterocycles. The molecule has 0 unspecified atom stereocenters. The van der Waals surface area contributed by atoms with Gasteiger partial charge in [-0.3, -0.25) is 4.79 Å². The van der Waals surface area contributed by atoms with Crippen LogP contribution in [0, 0.1) is 0 Å². The standard InChI is InChI=1S/C12H17NO5/c1-15-7-13-12(14)8-5-9(16-2)11(18-4)10(6-8)17-3/h5-6H,7H2,1-4H3,(H,13,14). The van der Waals surface area contributed by atoms with Gasteiger partial charge in [0.1, 0.15) is 6.73 Å². The minimum Gasteiger partial charge on any atom is -0.493 e. The normalized spacial score (nSPS) is 9.78. The Morgan fingerprint density at radius 2 is 1.61 bits per heavy atom. The summed E-state index contributed by atoms with van der Waals surface area (Å²) in [5.41, 5.74) is 0.404. The van der Waals surface area contributed by atoms with E-state index in [1.807, 2.05) is 0 Å². The zero-order valence-corrected chi connectivity index (χ0v) is 10.9. The fourth-order valence-electron chi connectivity index (χ4n) is 1.45. The summed E-state index contributed by atoms with van der Waals surface area (Å²) < 4.78 is 20.3. The van der Waals surface area contributed by atoms with Gasteiger partial charge in [-0.2, -0.15) is 0 Å². The minimum atomic E-state index is -0.281. The van der Waals surface area contributed by atoms with E-state index in [1.165, 1.54) is 28.4 Å². The Kier molecular flexibility index (Phi) is 5.26. The van der Waals surface area contributed by atoms with Crippen LogP contribution in [0.1, 0.15) is 10.4 Å². The van der Waals surface area contributed by atoms with E-state index >= 15 is 0 Å². The second-order valence-corrected chi connectivity index (χ2v) is 3.35. The summed E-state index contributed by atoms with van der Waals surface area (Å²) in [7, 11) is 5.99. The maximum absolute atomic E-state index is 11.8. The van der Waals surface area contributed by atoms with Crippen LogP contribution in [-0.4, -0.2) is 41.1 Å². The van der Waals surface area contributed by atoms with Crippen molar-refractivity contribution in [3.63, 3.8) is 0 Å². The van der Waals surface area contributed by atoms with E-state index in [4.69, 9.17) is 18.9 Å². The summed E-state index contributed by atoms with van der Waals surface area (Å²) in [6.45, 7) is 0.134. The predicted octanol–water partition coefficient (Wildman–Crippen LogP) is 1.05. The number of methoxy groups -OCH3 is 4. The average molecular weight is 255 g/mol. The zero-order valence-electron chi connectivity index (χ0n) is 10.9. The molecule has 1 aromatic rings. The van der Waals surface area contributed by atoms with Crippen molar-refractivity contribution in [1.29, 1.82) is 0 Å².